The number of nitrogens with zero attached hydrogens (tertiary/aromatic N) is 1. The number of carboxylic acids is 1. The summed E-state index contributed by atoms with van der Waals surface area (Å²) in [5.74, 6) is -1.52. The highest BCUT2D eigenvalue weighted by Gasteiger charge is 2.19. The van der Waals surface area contributed by atoms with Crippen molar-refractivity contribution in [2.75, 3.05) is 0 Å². The van der Waals surface area contributed by atoms with E-state index in [-0.39, 0.29) is 6.42 Å². The van der Waals surface area contributed by atoms with Gasteiger partial charge in [-0.1, -0.05) is 42.5 Å². The second-order valence-corrected chi connectivity index (χ2v) is 4.65. The van der Waals surface area contributed by atoms with Crippen molar-refractivity contribution < 1.29 is 14.7 Å². The van der Waals surface area contributed by atoms with Gasteiger partial charge in [0.15, 0.2) is 0 Å². The lowest BCUT2D eigenvalue weighted by Gasteiger charge is -2.12. The minimum Gasteiger partial charge on any atom is -0.480 e. The molecule has 2 N–H and O–H groups in total. The second kappa shape index (κ2) is 7.73. The third-order valence-corrected chi connectivity index (χ3v) is 3.01. The van der Waals surface area contributed by atoms with Crippen LogP contribution in [0.3, 0.4) is 0 Å². The molecule has 2 aromatic rings. The summed E-state index contributed by atoms with van der Waals surface area (Å²) in [6, 6.07) is 11.8. The number of carbonyl (C=O) groups excluding carboxylic acids is 1. The Morgan fingerprint density at radius 3 is 2.59 bits per heavy atom. The van der Waals surface area contributed by atoms with Gasteiger partial charge in [-0.05, 0) is 24.1 Å². The highest BCUT2D eigenvalue weighted by molar-refractivity contribution is 5.96. The van der Waals surface area contributed by atoms with Crippen molar-refractivity contribution in [3.05, 3.63) is 72.1 Å². The van der Waals surface area contributed by atoms with Gasteiger partial charge in [0.05, 0.1) is 5.56 Å². The fourth-order valence-electron chi connectivity index (χ4n) is 1.86. The Balaban J connectivity index is 1.97. The van der Waals surface area contributed by atoms with E-state index in [1.807, 2.05) is 36.4 Å². The molecule has 1 amide bonds. The Morgan fingerprint density at radius 1 is 1.18 bits per heavy atom. The minimum atomic E-state index is -1.07. The van der Waals surface area contributed by atoms with E-state index in [0.29, 0.717) is 5.56 Å². The number of carboxylic acid groups (broad SMARTS) is 1. The Morgan fingerprint density at radius 2 is 1.95 bits per heavy atom. The average Bonchev–Trinajstić information content (AvgIpc) is 2.55. The van der Waals surface area contributed by atoms with Crippen LogP contribution in [0.5, 0.6) is 0 Å². The molecule has 0 saturated carbocycles. The highest BCUT2D eigenvalue weighted by atomic mass is 16.4. The zero-order valence-electron chi connectivity index (χ0n) is 11.8. The minimum absolute atomic E-state index is 0.205. The Bertz CT molecular complexity index is 654. The van der Waals surface area contributed by atoms with Crippen LogP contribution in [0.2, 0.25) is 0 Å². The smallest absolute Gasteiger partial charge is 0.326 e. The topological polar surface area (TPSA) is 79.3 Å². The fraction of sp³-hybridized carbons (Fsp3) is 0.118. The first-order valence-corrected chi connectivity index (χ1v) is 6.82. The molecule has 0 saturated heterocycles. The lowest BCUT2D eigenvalue weighted by Crippen LogP contribution is -2.40. The van der Waals surface area contributed by atoms with Gasteiger partial charge in [0, 0.05) is 12.4 Å². The SMILES string of the molecule is O=C(N[C@@H](C/C=C/c1ccccc1)C(=O)O)c1cccnc1. The Kier molecular flexibility index (Phi) is 5.43. The lowest BCUT2D eigenvalue weighted by atomic mass is 10.1. The molecule has 0 unspecified atom stereocenters. The monoisotopic (exact) mass is 296 g/mol. The largest absolute Gasteiger partial charge is 0.480 e. The maximum Gasteiger partial charge on any atom is 0.326 e. The molecule has 22 heavy (non-hydrogen) atoms. The van der Waals surface area contributed by atoms with Crippen LogP contribution in [0, 0.1) is 0 Å². The summed E-state index contributed by atoms with van der Waals surface area (Å²) in [5.41, 5.74) is 1.31. The number of aliphatic carboxylic acids is 1. The van der Waals surface area contributed by atoms with Gasteiger partial charge in [-0.25, -0.2) is 4.79 Å². The van der Waals surface area contributed by atoms with Crippen molar-refractivity contribution >= 4 is 18.0 Å². The zero-order valence-corrected chi connectivity index (χ0v) is 11.8. The van der Waals surface area contributed by atoms with E-state index in [9.17, 15) is 14.7 Å². The summed E-state index contributed by atoms with van der Waals surface area (Å²) in [6.07, 6.45) is 6.71. The summed E-state index contributed by atoms with van der Waals surface area (Å²) in [5, 5.41) is 11.7. The number of aromatic nitrogens is 1. The predicted molar refractivity (Wildman–Crippen MR) is 83.2 cm³/mol. The number of hydrogen-bond donors (Lipinski definition) is 2. The molecule has 0 bridgehead atoms. The van der Waals surface area contributed by atoms with Crippen LogP contribution < -0.4 is 5.32 Å². The van der Waals surface area contributed by atoms with E-state index >= 15 is 0 Å². The molecule has 0 aliphatic carbocycles. The van der Waals surface area contributed by atoms with Crippen molar-refractivity contribution in [3.63, 3.8) is 0 Å². The number of pyridine rings is 1. The molecule has 5 heteroatoms. The third kappa shape index (κ3) is 4.56. The zero-order chi connectivity index (χ0) is 15.8. The van der Waals surface area contributed by atoms with Crippen molar-refractivity contribution in [2.24, 2.45) is 0 Å². The Hall–Kier alpha value is -2.95. The molecular weight excluding hydrogens is 280 g/mol. The van der Waals surface area contributed by atoms with Gasteiger partial charge in [0.25, 0.3) is 5.91 Å². The van der Waals surface area contributed by atoms with Crippen LogP contribution in [-0.2, 0) is 4.79 Å². The van der Waals surface area contributed by atoms with Crippen LogP contribution >= 0.6 is 0 Å². The van der Waals surface area contributed by atoms with E-state index < -0.39 is 17.9 Å². The number of benzene rings is 1. The summed E-state index contributed by atoms with van der Waals surface area (Å²) in [4.78, 5) is 27.0. The van der Waals surface area contributed by atoms with Crippen LogP contribution in [0.15, 0.2) is 60.9 Å². The first kappa shape index (κ1) is 15.4. The quantitative estimate of drug-likeness (QED) is 0.857. The molecule has 0 fully saturated rings. The van der Waals surface area contributed by atoms with Crippen LogP contribution in [0.25, 0.3) is 6.08 Å². The first-order chi connectivity index (χ1) is 10.7. The van der Waals surface area contributed by atoms with Crippen molar-refractivity contribution in [2.45, 2.75) is 12.5 Å². The van der Waals surface area contributed by atoms with Gasteiger partial charge in [0.1, 0.15) is 6.04 Å². The van der Waals surface area contributed by atoms with Gasteiger partial charge in [-0.15, -0.1) is 0 Å². The predicted octanol–water partition coefficient (Wildman–Crippen LogP) is 2.37. The molecule has 0 spiro atoms. The summed E-state index contributed by atoms with van der Waals surface area (Å²) in [6.45, 7) is 0. The summed E-state index contributed by atoms with van der Waals surface area (Å²) >= 11 is 0. The molecule has 0 aliphatic heterocycles. The number of nitrogens with one attached hydrogen (secondary N) is 1. The van der Waals surface area contributed by atoms with Gasteiger partial charge in [0.2, 0.25) is 0 Å². The second-order valence-electron chi connectivity index (χ2n) is 4.65. The van der Waals surface area contributed by atoms with Crippen molar-refractivity contribution in [3.8, 4) is 0 Å². The van der Waals surface area contributed by atoms with Gasteiger partial charge in [-0.3, -0.25) is 9.78 Å². The van der Waals surface area contributed by atoms with E-state index in [0.717, 1.165) is 5.56 Å². The van der Waals surface area contributed by atoms with Crippen LogP contribution in [-0.4, -0.2) is 28.0 Å². The number of amides is 1. The standard InChI is InChI=1S/C17H16N2O3/c20-16(14-9-5-11-18-12-14)19-15(17(21)22)10-4-8-13-6-2-1-3-7-13/h1-9,11-12,15H,10H2,(H,19,20)(H,21,22)/b8-4+/t15-/m0/s1. The van der Waals surface area contributed by atoms with Crippen LogP contribution in [0.1, 0.15) is 22.3 Å². The molecule has 0 radical (unpaired) electrons. The third-order valence-electron chi connectivity index (χ3n) is 3.01. The fourth-order valence-corrected chi connectivity index (χ4v) is 1.86. The number of rotatable bonds is 6. The van der Waals surface area contributed by atoms with Gasteiger partial charge >= 0.3 is 5.97 Å². The Labute approximate surface area is 128 Å². The summed E-state index contributed by atoms with van der Waals surface area (Å²) in [7, 11) is 0. The average molecular weight is 296 g/mol. The number of hydrogen-bond acceptors (Lipinski definition) is 3. The maximum absolute atomic E-state index is 12.0. The lowest BCUT2D eigenvalue weighted by molar-refractivity contribution is -0.139. The van der Waals surface area contributed by atoms with E-state index in [4.69, 9.17) is 0 Å². The molecule has 112 valence electrons. The normalized spacial score (nSPS) is 12.0. The van der Waals surface area contributed by atoms with Crippen LogP contribution in [0.4, 0.5) is 0 Å². The molecule has 1 atom stereocenters. The van der Waals surface area contributed by atoms with E-state index in [1.165, 1.54) is 6.20 Å². The van der Waals surface area contributed by atoms with Crippen molar-refractivity contribution in [1.29, 1.82) is 0 Å². The first-order valence-electron chi connectivity index (χ1n) is 6.82. The molecule has 1 aromatic heterocycles. The maximum atomic E-state index is 12.0. The molecular formula is C17H16N2O3. The molecule has 2 rings (SSSR count). The molecule has 1 aromatic carbocycles. The molecule has 1 heterocycles. The van der Waals surface area contributed by atoms with Crippen molar-refractivity contribution in [1.82, 2.24) is 10.3 Å². The summed E-state index contributed by atoms with van der Waals surface area (Å²) < 4.78 is 0. The molecule has 0 aliphatic rings. The van der Waals surface area contributed by atoms with Gasteiger partial charge < -0.3 is 10.4 Å². The number of carbonyl (C=O) groups is 2. The van der Waals surface area contributed by atoms with E-state index in [1.54, 1.807) is 24.4 Å². The highest BCUT2D eigenvalue weighted by Crippen LogP contribution is 2.05. The van der Waals surface area contributed by atoms with E-state index in [2.05, 4.69) is 10.3 Å². The molecule has 5 nitrogen and oxygen atoms in total. The van der Waals surface area contributed by atoms with Gasteiger partial charge in [-0.2, -0.15) is 0 Å².